The maximum Gasteiger partial charge on any atom is 0.165 e. The number of sulfone groups is 1. The molecule has 0 aliphatic heterocycles. The number of hydrogen-bond donors (Lipinski definition) is 1. The third-order valence-electron chi connectivity index (χ3n) is 2.35. The Kier molecular flexibility index (Phi) is 5.55. The number of rotatable bonds is 7. The van der Waals surface area contributed by atoms with Crippen molar-refractivity contribution in [1.29, 1.82) is 0 Å². The summed E-state index contributed by atoms with van der Waals surface area (Å²) in [7, 11) is -2.99. The zero-order chi connectivity index (χ0) is 13.6. The van der Waals surface area contributed by atoms with Crippen molar-refractivity contribution in [1.82, 2.24) is 0 Å². The van der Waals surface area contributed by atoms with Gasteiger partial charge in [0.2, 0.25) is 0 Å². The lowest BCUT2D eigenvalue weighted by Gasteiger charge is -2.08. The van der Waals surface area contributed by atoms with Gasteiger partial charge in [-0.1, -0.05) is 6.07 Å². The topological polar surface area (TPSA) is 69.4 Å². The van der Waals surface area contributed by atoms with Crippen molar-refractivity contribution in [3.05, 3.63) is 29.6 Å². The Morgan fingerprint density at radius 3 is 2.67 bits per heavy atom. The highest BCUT2D eigenvalue weighted by atomic mass is 32.2. The highest BCUT2D eigenvalue weighted by molar-refractivity contribution is 7.90. The molecule has 0 bridgehead atoms. The second-order valence-electron chi connectivity index (χ2n) is 4.14. The minimum Gasteiger partial charge on any atom is -0.490 e. The smallest absolute Gasteiger partial charge is 0.165 e. The highest BCUT2D eigenvalue weighted by Crippen LogP contribution is 2.18. The van der Waals surface area contributed by atoms with Gasteiger partial charge < -0.3 is 10.5 Å². The average Bonchev–Trinajstić information content (AvgIpc) is 2.26. The van der Waals surface area contributed by atoms with Crippen LogP contribution in [0.3, 0.4) is 0 Å². The predicted octanol–water partition coefficient (Wildman–Crippen LogP) is 1.14. The monoisotopic (exact) mass is 275 g/mol. The zero-order valence-electron chi connectivity index (χ0n) is 10.4. The first-order chi connectivity index (χ1) is 8.42. The van der Waals surface area contributed by atoms with Crippen molar-refractivity contribution in [2.24, 2.45) is 5.73 Å². The molecule has 0 spiro atoms. The van der Waals surface area contributed by atoms with Crippen LogP contribution in [-0.4, -0.2) is 33.6 Å². The van der Waals surface area contributed by atoms with E-state index in [0.717, 1.165) is 11.8 Å². The van der Waals surface area contributed by atoms with Gasteiger partial charge in [-0.3, -0.25) is 0 Å². The van der Waals surface area contributed by atoms with Gasteiger partial charge in [-0.2, -0.15) is 0 Å². The Morgan fingerprint density at radius 2 is 2.11 bits per heavy atom. The average molecular weight is 275 g/mol. The van der Waals surface area contributed by atoms with E-state index in [9.17, 15) is 12.8 Å². The highest BCUT2D eigenvalue weighted by Gasteiger charge is 2.06. The largest absolute Gasteiger partial charge is 0.490 e. The summed E-state index contributed by atoms with van der Waals surface area (Å²) >= 11 is 0. The summed E-state index contributed by atoms with van der Waals surface area (Å²) in [6.45, 7) is 0.647. The van der Waals surface area contributed by atoms with Crippen LogP contribution in [0.4, 0.5) is 4.39 Å². The second-order valence-corrected chi connectivity index (χ2v) is 6.40. The van der Waals surface area contributed by atoms with Crippen LogP contribution in [0, 0.1) is 5.82 Å². The second kappa shape index (κ2) is 6.70. The van der Waals surface area contributed by atoms with Gasteiger partial charge in [0.15, 0.2) is 11.6 Å². The molecule has 0 unspecified atom stereocenters. The first-order valence-electron chi connectivity index (χ1n) is 5.71. The molecule has 1 aromatic rings. The number of nitrogens with two attached hydrogens (primary N) is 1. The van der Waals surface area contributed by atoms with Gasteiger partial charge in [0, 0.05) is 6.26 Å². The van der Waals surface area contributed by atoms with Crippen LogP contribution in [0.1, 0.15) is 12.0 Å². The van der Waals surface area contributed by atoms with Gasteiger partial charge in [0.25, 0.3) is 0 Å². The summed E-state index contributed by atoms with van der Waals surface area (Å²) in [6, 6.07) is 4.68. The van der Waals surface area contributed by atoms with E-state index in [0.29, 0.717) is 19.4 Å². The molecule has 0 aliphatic carbocycles. The summed E-state index contributed by atoms with van der Waals surface area (Å²) in [4.78, 5) is 0. The van der Waals surface area contributed by atoms with Crippen LogP contribution in [-0.2, 0) is 16.3 Å². The van der Waals surface area contributed by atoms with E-state index in [1.54, 1.807) is 12.1 Å². The molecule has 6 heteroatoms. The van der Waals surface area contributed by atoms with Gasteiger partial charge in [-0.25, -0.2) is 12.8 Å². The molecule has 0 radical (unpaired) electrons. The van der Waals surface area contributed by atoms with E-state index in [-0.39, 0.29) is 18.1 Å². The maximum absolute atomic E-state index is 13.6. The number of halogens is 1. The van der Waals surface area contributed by atoms with Crippen LogP contribution in [0.15, 0.2) is 18.2 Å². The van der Waals surface area contributed by atoms with Crippen molar-refractivity contribution in [3.8, 4) is 5.75 Å². The van der Waals surface area contributed by atoms with E-state index >= 15 is 0 Å². The third-order valence-corrected chi connectivity index (χ3v) is 3.38. The lowest BCUT2D eigenvalue weighted by atomic mass is 10.1. The fourth-order valence-corrected chi connectivity index (χ4v) is 2.13. The SMILES string of the molecule is CS(=O)(=O)CCCOc1ccc(CCN)cc1F. The van der Waals surface area contributed by atoms with Gasteiger partial charge in [-0.15, -0.1) is 0 Å². The Labute approximate surface area is 107 Å². The molecule has 0 fully saturated rings. The van der Waals surface area contributed by atoms with Crippen LogP contribution in [0.25, 0.3) is 0 Å². The minimum atomic E-state index is -2.99. The molecule has 0 saturated carbocycles. The van der Waals surface area contributed by atoms with Gasteiger partial charge in [0.05, 0.1) is 12.4 Å². The lowest BCUT2D eigenvalue weighted by Crippen LogP contribution is -2.08. The first-order valence-corrected chi connectivity index (χ1v) is 7.77. The van der Waals surface area contributed by atoms with Gasteiger partial charge in [-0.05, 0) is 37.1 Å². The van der Waals surface area contributed by atoms with Crippen molar-refractivity contribution in [3.63, 3.8) is 0 Å². The summed E-state index contributed by atoms with van der Waals surface area (Å²) in [5, 5.41) is 0. The molecule has 0 amide bonds. The summed E-state index contributed by atoms with van der Waals surface area (Å²) in [5.41, 5.74) is 6.20. The molecule has 1 aromatic carbocycles. The molecular weight excluding hydrogens is 257 g/mol. The third kappa shape index (κ3) is 5.46. The Balaban J connectivity index is 2.48. The molecule has 102 valence electrons. The van der Waals surface area contributed by atoms with Crippen molar-refractivity contribution < 1.29 is 17.5 Å². The first kappa shape index (κ1) is 14.9. The molecule has 2 N–H and O–H groups in total. The van der Waals surface area contributed by atoms with E-state index in [1.807, 2.05) is 0 Å². The Morgan fingerprint density at radius 1 is 1.39 bits per heavy atom. The maximum atomic E-state index is 13.6. The summed E-state index contributed by atoms with van der Waals surface area (Å²) in [6.07, 6.45) is 2.13. The van der Waals surface area contributed by atoms with E-state index in [1.165, 1.54) is 6.07 Å². The molecule has 1 rings (SSSR count). The Hall–Kier alpha value is -1.14. The number of hydrogen-bond acceptors (Lipinski definition) is 4. The fourth-order valence-electron chi connectivity index (χ4n) is 1.49. The lowest BCUT2D eigenvalue weighted by molar-refractivity contribution is 0.301. The molecule has 0 atom stereocenters. The van der Waals surface area contributed by atoms with E-state index in [2.05, 4.69) is 0 Å². The summed E-state index contributed by atoms with van der Waals surface area (Å²) < 4.78 is 40.5. The zero-order valence-corrected chi connectivity index (χ0v) is 11.2. The predicted molar refractivity (Wildman–Crippen MR) is 69.0 cm³/mol. The quantitative estimate of drug-likeness (QED) is 0.758. The molecule has 0 saturated heterocycles. The van der Waals surface area contributed by atoms with Crippen LogP contribution < -0.4 is 10.5 Å². The minimum absolute atomic E-state index is 0.0415. The Bertz CT molecular complexity index is 488. The molecule has 4 nitrogen and oxygen atoms in total. The van der Waals surface area contributed by atoms with Crippen molar-refractivity contribution in [2.75, 3.05) is 25.2 Å². The van der Waals surface area contributed by atoms with Crippen LogP contribution >= 0.6 is 0 Å². The molecule has 0 aromatic heterocycles. The van der Waals surface area contributed by atoms with Crippen molar-refractivity contribution >= 4 is 9.84 Å². The standard InChI is InChI=1S/C12H18FNO3S/c1-18(15,16)8-2-7-17-12-4-3-10(5-6-14)9-11(12)13/h3-4,9H,2,5-8,14H2,1H3. The number of ether oxygens (including phenoxy) is 1. The normalized spacial score (nSPS) is 11.5. The van der Waals surface area contributed by atoms with Crippen LogP contribution in [0.2, 0.25) is 0 Å². The van der Waals surface area contributed by atoms with E-state index in [4.69, 9.17) is 10.5 Å². The molecule has 0 aliphatic rings. The van der Waals surface area contributed by atoms with Crippen LogP contribution in [0.5, 0.6) is 5.75 Å². The molecular formula is C12H18FNO3S. The van der Waals surface area contributed by atoms with Crippen molar-refractivity contribution in [2.45, 2.75) is 12.8 Å². The molecule has 18 heavy (non-hydrogen) atoms. The van der Waals surface area contributed by atoms with E-state index < -0.39 is 15.7 Å². The summed E-state index contributed by atoms with van der Waals surface area (Å²) in [5.74, 6) is -0.260. The van der Waals surface area contributed by atoms with Gasteiger partial charge >= 0.3 is 0 Å². The molecule has 0 heterocycles. The number of benzene rings is 1. The van der Waals surface area contributed by atoms with Gasteiger partial charge in [0.1, 0.15) is 9.84 Å². The fraction of sp³-hybridized carbons (Fsp3) is 0.500.